The van der Waals surface area contributed by atoms with E-state index in [-0.39, 0.29) is 49.2 Å². The molecule has 0 aliphatic carbocycles. The number of amides is 3. The van der Waals surface area contributed by atoms with Crippen LogP contribution in [0.2, 0.25) is 0 Å². The topological polar surface area (TPSA) is 172 Å². The second-order valence-electron chi connectivity index (χ2n) is 9.48. The molecule has 0 aromatic heterocycles. The first kappa shape index (κ1) is 25.7. The van der Waals surface area contributed by atoms with Gasteiger partial charge in [0.1, 0.15) is 0 Å². The van der Waals surface area contributed by atoms with Crippen LogP contribution in [0.1, 0.15) is 39.9 Å². The van der Waals surface area contributed by atoms with E-state index in [1.165, 1.54) is 6.07 Å². The maximum atomic E-state index is 15.2. The van der Waals surface area contributed by atoms with Crippen molar-refractivity contribution in [3.63, 3.8) is 0 Å². The van der Waals surface area contributed by atoms with E-state index in [2.05, 4.69) is 5.32 Å². The number of phenolic OH excluding ortho intramolecular Hbond substituents is 3. The van der Waals surface area contributed by atoms with E-state index in [4.69, 9.17) is 4.74 Å². The summed E-state index contributed by atoms with van der Waals surface area (Å²) in [5, 5.41) is 47.5. The van der Waals surface area contributed by atoms with E-state index >= 15 is 4.39 Å². The number of rotatable bonds is 6. The third-order valence-electron chi connectivity index (χ3n) is 7.23. The molecule has 2 aromatic rings. The number of hydrogen-bond donors (Lipinski definition) is 6. The summed E-state index contributed by atoms with van der Waals surface area (Å²) < 4.78 is 20.4. The zero-order chi connectivity index (χ0) is 27.2. The molecule has 0 bridgehead atoms. The van der Waals surface area contributed by atoms with Gasteiger partial charge in [0, 0.05) is 55.8 Å². The molecule has 3 aliphatic rings. The van der Waals surface area contributed by atoms with Crippen LogP contribution in [0.3, 0.4) is 0 Å². The Balaban J connectivity index is 1.37. The van der Waals surface area contributed by atoms with Crippen LogP contribution in [0.4, 0.5) is 10.1 Å². The number of carbonyl (C=O) groups is 3. The highest BCUT2D eigenvalue weighted by molar-refractivity contribution is 6.07. The Bertz CT molecular complexity index is 1300. The maximum absolute atomic E-state index is 15.2. The number of ether oxygens (including phenoxy) is 1. The second kappa shape index (κ2) is 9.74. The van der Waals surface area contributed by atoms with E-state index in [1.807, 2.05) is 10.2 Å². The van der Waals surface area contributed by atoms with Crippen molar-refractivity contribution in [3.8, 4) is 17.2 Å². The Labute approximate surface area is 216 Å². The van der Waals surface area contributed by atoms with Crippen LogP contribution in [0.5, 0.6) is 17.2 Å². The molecule has 38 heavy (non-hydrogen) atoms. The fourth-order valence-electron chi connectivity index (χ4n) is 5.00. The molecule has 202 valence electrons. The number of piperidine rings is 1. The SMILES string of the molecule is O=C1CCC(O)(N2Cc3c(NCc4c(O)c(O)c(CN5CCOCC5)c(O)c4F)cccc3C2=O)C(=O)N1. The third-order valence-corrected chi connectivity index (χ3v) is 7.23. The molecule has 0 saturated carbocycles. The van der Waals surface area contributed by atoms with Crippen molar-refractivity contribution in [2.75, 3.05) is 31.6 Å². The Morgan fingerprint density at radius 3 is 2.47 bits per heavy atom. The highest BCUT2D eigenvalue weighted by Crippen LogP contribution is 2.43. The zero-order valence-corrected chi connectivity index (χ0v) is 20.3. The van der Waals surface area contributed by atoms with Gasteiger partial charge in [0.25, 0.3) is 11.8 Å². The van der Waals surface area contributed by atoms with Crippen LogP contribution >= 0.6 is 0 Å². The molecule has 6 N–H and O–H groups in total. The van der Waals surface area contributed by atoms with E-state index in [0.29, 0.717) is 37.6 Å². The molecule has 2 aromatic carbocycles. The Hall–Kier alpha value is -3.94. The molecular weight excluding hydrogens is 503 g/mol. The average molecular weight is 531 g/mol. The monoisotopic (exact) mass is 530 g/mol. The van der Waals surface area contributed by atoms with Crippen molar-refractivity contribution in [2.45, 2.75) is 38.2 Å². The number of carbonyl (C=O) groups excluding carboxylic acids is 3. The summed E-state index contributed by atoms with van der Waals surface area (Å²) in [5.74, 6) is -5.38. The molecule has 3 aliphatic heterocycles. The van der Waals surface area contributed by atoms with Gasteiger partial charge in [0.15, 0.2) is 23.1 Å². The minimum atomic E-state index is -2.21. The van der Waals surface area contributed by atoms with Gasteiger partial charge in [-0.05, 0) is 12.1 Å². The van der Waals surface area contributed by atoms with E-state index in [1.54, 1.807) is 12.1 Å². The average Bonchev–Trinajstić information content (AvgIpc) is 3.26. The lowest BCUT2D eigenvalue weighted by molar-refractivity contribution is -0.167. The van der Waals surface area contributed by atoms with E-state index < -0.39 is 46.5 Å². The van der Waals surface area contributed by atoms with Gasteiger partial charge in [-0.3, -0.25) is 29.5 Å². The highest BCUT2D eigenvalue weighted by atomic mass is 19.1. The summed E-state index contributed by atoms with van der Waals surface area (Å²) >= 11 is 0. The van der Waals surface area contributed by atoms with Crippen LogP contribution in [0.15, 0.2) is 18.2 Å². The molecule has 0 radical (unpaired) electrons. The predicted molar refractivity (Wildman–Crippen MR) is 128 cm³/mol. The Kier molecular flexibility index (Phi) is 6.59. The van der Waals surface area contributed by atoms with Crippen molar-refractivity contribution in [1.82, 2.24) is 15.1 Å². The van der Waals surface area contributed by atoms with Gasteiger partial charge in [-0.15, -0.1) is 0 Å². The summed E-state index contributed by atoms with van der Waals surface area (Å²) in [4.78, 5) is 39.8. The molecule has 3 amide bonds. The van der Waals surface area contributed by atoms with E-state index in [9.17, 15) is 34.8 Å². The predicted octanol–water partition coefficient (Wildman–Crippen LogP) is 0.468. The number of halogens is 1. The first-order valence-corrected chi connectivity index (χ1v) is 12.1. The fraction of sp³-hybridized carbons (Fsp3) is 0.400. The normalized spacial score (nSPS) is 21.9. The summed E-state index contributed by atoms with van der Waals surface area (Å²) in [6.45, 7) is 1.45. The lowest BCUT2D eigenvalue weighted by Crippen LogP contribution is -2.63. The minimum absolute atomic E-state index is 0.0193. The second-order valence-corrected chi connectivity index (χ2v) is 9.48. The van der Waals surface area contributed by atoms with Crippen molar-refractivity contribution >= 4 is 23.4 Å². The van der Waals surface area contributed by atoms with E-state index in [0.717, 1.165) is 4.90 Å². The van der Waals surface area contributed by atoms with Crippen LogP contribution in [-0.4, -0.2) is 80.0 Å². The number of benzene rings is 2. The fourth-order valence-corrected chi connectivity index (χ4v) is 5.00. The standard InChI is InChI=1S/C25H27FN4O8/c26-19-14(21(33)22(34)16(20(19)32)11-29-6-8-38-9-7-29)10-27-17-3-1-2-13-15(17)12-30(23(13)35)25(37)5-4-18(31)28-24(25)36/h1-3,27,32-34,37H,4-12H2,(H,28,31,36). The number of aliphatic hydroxyl groups is 1. The number of nitrogens with one attached hydrogen (secondary N) is 2. The van der Waals surface area contributed by atoms with Crippen molar-refractivity contribution in [3.05, 3.63) is 46.3 Å². The van der Waals surface area contributed by atoms with Gasteiger partial charge < -0.3 is 30.5 Å². The van der Waals surface area contributed by atoms with Gasteiger partial charge >= 0.3 is 0 Å². The number of morpholine rings is 1. The molecule has 3 heterocycles. The van der Waals surface area contributed by atoms with Crippen molar-refractivity contribution in [2.24, 2.45) is 0 Å². The largest absolute Gasteiger partial charge is 0.504 e. The lowest BCUT2D eigenvalue weighted by atomic mass is 10.00. The van der Waals surface area contributed by atoms with Crippen molar-refractivity contribution in [1.29, 1.82) is 0 Å². The molecule has 5 rings (SSSR count). The first-order valence-electron chi connectivity index (χ1n) is 12.1. The number of hydrogen-bond acceptors (Lipinski definition) is 10. The Morgan fingerprint density at radius 2 is 1.76 bits per heavy atom. The van der Waals surface area contributed by atoms with Gasteiger partial charge in [0.2, 0.25) is 11.6 Å². The summed E-state index contributed by atoms with van der Waals surface area (Å²) in [6.07, 6.45) is -0.394. The quantitative estimate of drug-likeness (QED) is 0.175. The molecule has 0 spiro atoms. The molecule has 2 fully saturated rings. The van der Waals surface area contributed by atoms with Gasteiger partial charge in [-0.2, -0.15) is 0 Å². The number of phenols is 3. The molecule has 1 unspecified atom stereocenters. The van der Waals surface area contributed by atoms with Gasteiger partial charge in [-0.1, -0.05) is 6.07 Å². The van der Waals surface area contributed by atoms with Crippen LogP contribution < -0.4 is 10.6 Å². The third kappa shape index (κ3) is 4.27. The number of nitrogens with zero attached hydrogens (tertiary/aromatic N) is 2. The zero-order valence-electron chi connectivity index (χ0n) is 20.3. The highest BCUT2D eigenvalue weighted by Gasteiger charge is 2.51. The molecule has 1 atom stereocenters. The van der Waals surface area contributed by atoms with Crippen LogP contribution in [0, 0.1) is 5.82 Å². The van der Waals surface area contributed by atoms with Crippen LogP contribution in [0.25, 0.3) is 0 Å². The minimum Gasteiger partial charge on any atom is -0.504 e. The molecule has 12 nitrogen and oxygen atoms in total. The number of imide groups is 1. The number of aromatic hydroxyl groups is 3. The lowest BCUT2D eigenvalue weighted by Gasteiger charge is -2.37. The summed E-state index contributed by atoms with van der Waals surface area (Å²) in [6, 6.07) is 4.65. The number of anilines is 1. The van der Waals surface area contributed by atoms with Gasteiger partial charge in [-0.25, -0.2) is 4.39 Å². The molecular formula is C25H27FN4O8. The maximum Gasteiger partial charge on any atom is 0.279 e. The molecule has 2 saturated heterocycles. The Morgan fingerprint density at radius 1 is 1.05 bits per heavy atom. The van der Waals surface area contributed by atoms with Crippen LogP contribution in [-0.2, 0) is 34.0 Å². The molecule has 13 heteroatoms. The summed E-state index contributed by atoms with van der Waals surface area (Å²) in [5.41, 5.74) is -1.76. The summed E-state index contributed by atoms with van der Waals surface area (Å²) in [7, 11) is 0. The first-order chi connectivity index (χ1) is 18.1. The van der Waals surface area contributed by atoms with Crippen molar-refractivity contribution < 1.29 is 43.9 Å². The van der Waals surface area contributed by atoms with Gasteiger partial charge in [0.05, 0.1) is 30.9 Å². The number of fused-ring (bicyclic) bond motifs is 1. The smallest absolute Gasteiger partial charge is 0.279 e.